The van der Waals surface area contributed by atoms with Gasteiger partial charge in [0.25, 0.3) is 0 Å². The van der Waals surface area contributed by atoms with E-state index in [1.165, 1.54) is 21.3 Å². The van der Waals surface area contributed by atoms with Gasteiger partial charge in [-0.2, -0.15) is 0 Å². The molecule has 3 aromatic carbocycles. The van der Waals surface area contributed by atoms with Crippen LogP contribution in [0.15, 0.2) is 69.9 Å². The van der Waals surface area contributed by atoms with Crippen molar-refractivity contribution < 1.29 is 28.1 Å². The minimum Gasteiger partial charge on any atom is -0.496 e. The van der Waals surface area contributed by atoms with Crippen molar-refractivity contribution in [3.63, 3.8) is 0 Å². The van der Waals surface area contributed by atoms with Gasteiger partial charge in [-0.1, -0.05) is 30.3 Å². The monoisotopic (exact) mass is 448 g/mol. The Morgan fingerprint density at radius 3 is 2.18 bits per heavy atom. The van der Waals surface area contributed by atoms with Gasteiger partial charge in [0.1, 0.15) is 29.1 Å². The van der Waals surface area contributed by atoms with E-state index in [2.05, 4.69) is 0 Å². The average Bonchev–Trinajstić information content (AvgIpc) is 2.86. The summed E-state index contributed by atoms with van der Waals surface area (Å²) in [6, 6.07) is 18.3. The number of fused-ring (bicyclic) bond motifs is 1. The Morgan fingerprint density at radius 2 is 1.52 bits per heavy atom. The van der Waals surface area contributed by atoms with Crippen LogP contribution in [-0.2, 0) is 6.61 Å². The van der Waals surface area contributed by atoms with Crippen LogP contribution in [0.5, 0.6) is 28.7 Å². The smallest absolute Gasteiger partial charge is 0.239 e. The van der Waals surface area contributed by atoms with Crippen LogP contribution in [0.3, 0.4) is 0 Å². The molecule has 0 aliphatic rings. The number of hydrogen-bond acceptors (Lipinski definition) is 7. The fraction of sp³-hybridized carbons (Fsp3) is 0.192. The summed E-state index contributed by atoms with van der Waals surface area (Å²) in [6.07, 6.45) is 0. The van der Waals surface area contributed by atoms with Crippen molar-refractivity contribution >= 4 is 11.0 Å². The van der Waals surface area contributed by atoms with E-state index < -0.39 is 0 Å². The Morgan fingerprint density at radius 1 is 0.758 bits per heavy atom. The van der Waals surface area contributed by atoms with Crippen molar-refractivity contribution in [3.8, 4) is 40.1 Å². The zero-order valence-electron chi connectivity index (χ0n) is 18.8. The van der Waals surface area contributed by atoms with Gasteiger partial charge in [-0.15, -0.1) is 0 Å². The van der Waals surface area contributed by atoms with E-state index in [9.17, 15) is 4.79 Å². The molecule has 4 aromatic rings. The van der Waals surface area contributed by atoms with Gasteiger partial charge < -0.3 is 28.1 Å². The lowest BCUT2D eigenvalue weighted by Gasteiger charge is -2.15. The van der Waals surface area contributed by atoms with E-state index in [1.54, 1.807) is 37.4 Å². The third kappa shape index (κ3) is 4.30. The van der Waals surface area contributed by atoms with Crippen LogP contribution in [0, 0.1) is 0 Å². The highest BCUT2D eigenvalue weighted by Gasteiger charge is 2.22. The summed E-state index contributed by atoms with van der Waals surface area (Å²) in [4.78, 5) is 13.3. The molecule has 0 aliphatic carbocycles. The molecule has 0 N–H and O–H groups in total. The maximum atomic E-state index is 13.3. The molecule has 0 amide bonds. The first-order valence-corrected chi connectivity index (χ1v) is 10.2. The van der Waals surface area contributed by atoms with Gasteiger partial charge in [-0.3, -0.25) is 4.79 Å². The van der Waals surface area contributed by atoms with E-state index in [0.717, 1.165) is 5.56 Å². The Balaban J connectivity index is 1.84. The molecular weight excluding hydrogens is 424 g/mol. The second-order valence-electron chi connectivity index (χ2n) is 7.14. The average molecular weight is 448 g/mol. The van der Waals surface area contributed by atoms with Crippen LogP contribution in [0.4, 0.5) is 0 Å². The summed E-state index contributed by atoms with van der Waals surface area (Å²) in [6.45, 7) is 0.355. The quantitative estimate of drug-likeness (QED) is 0.372. The molecule has 0 unspecified atom stereocenters. The minimum absolute atomic E-state index is 0.0603. The maximum absolute atomic E-state index is 13.3. The number of ether oxygens (including phenoxy) is 5. The van der Waals surface area contributed by atoms with Crippen LogP contribution in [0.25, 0.3) is 22.3 Å². The first-order valence-electron chi connectivity index (χ1n) is 10.2. The second-order valence-corrected chi connectivity index (χ2v) is 7.14. The van der Waals surface area contributed by atoms with Crippen LogP contribution in [0.1, 0.15) is 5.56 Å². The molecule has 0 saturated heterocycles. The predicted molar refractivity (Wildman–Crippen MR) is 125 cm³/mol. The van der Waals surface area contributed by atoms with Gasteiger partial charge in [0.15, 0.2) is 17.3 Å². The van der Waals surface area contributed by atoms with Gasteiger partial charge >= 0.3 is 0 Å². The first kappa shape index (κ1) is 22.1. The Hall–Kier alpha value is -4.13. The number of rotatable bonds is 8. The largest absolute Gasteiger partial charge is 0.496 e. The normalized spacial score (nSPS) is 10.7. The van der Waals surface area contributed by atoms with Crippen LogP contribution < -0.4 is 29.1 Å². The summed E-state index contributed by atoms with van der Waals surface area (Å²) in [5.41, 5.74) is 1.57. The lowest BCUT2D eigenvalue weighted by atomic mass is 10.1. The van der Waals surface area contributed by atoms with Gasteiger partial charge in [0.05, 0.1) is 28.4 Å². The fourth-order valence-electron chi connectivity index (χ4n) is 3.56. The third-order valence-electron chi connectivity index (χ3n) is 5.21. The zero-order valence-corrected chi connectivity index (χ0v) is 18.8. The molecule has 0 saturated carbocycles. The van der Waals surface area contributed by atoms with Gasteiger partial charge in [-0.25, -0.2) is 0 Å². The van der Waals surface area contributed by atoms with Gasteiger partial charge in [-0.05, 0) is 23.8 Å². The molecule has 33 heavy (non-hydrogen) atoms. The van der Waals surface area contributed by atoms with Crippen molar-refractivity contribution in [1.29, 1.82) is 0 Å². The van der Waals surface area contributed by atoms with Crippen molar-refractivity contribution in [1.82, 2.24) is 0 Å². The molecule has 0 radical (unpaired) electrons. The summed E-state index contributed by atoms with van der Waals surface area (Å²) in [7, 11) is 6.00. The maximum Gasteiger partial charge on any atom is 0.239 e. The number of benzene rings is 3. The van der Waals surface area contributed by atoms with Crippen LogP contribution in [-0.4, -0.2) is 28.4 Å². The second kappa shape index (κ2) is 9.56. The predicted octanol–water partition coefficient (Wildman–Crippen LogP) is 5.07. The van der Waals surface area contributed by atoms with E-state index in [0.29, 0.717) is 40.8 Å². The van der Waals surface area contributed by atoms with E-state index >= 15 is 0 Å². The first-order chi connectivity index (χ1) is 16.1. The fourth-order valence-corrected chi connectivity index (χ4v) is 3.56. The summed E-state index contributed by atoms with van der Waals surface area (Å²) < 4.78 is 33.8. The topological polar surface area (TPSA) is 76.4 Å². The Bertz CT molecular complexity index is 1330. The molecule has 0 atom stereocenters. The molecule has 0 aliphatic heterocycles. The van der Waals surface area contributed by atoms with Crippen LogP contribution >= 0.6 is 0 Å². The molecule has 0 fully saturated rings. The van der Waals surface area contributed by atoms with Crippen molar-refractivity contribution in [2.75, 3.05) is 28.4 Å². The van der Waals surface area contributed by atoms with Crippen molar-refractivity contribution in [3.05, 3.63) is 76.5 Å². The summed E-state index contributed by atoms with van der Waals surface area (Å²) in [5.74, 6) is 2.22. The standard InChI is InChI=1S/C26H24O7/c1-28-18-13-21(30-3)23-22(14-18)33-25(26(31-4)24(23)27)17-10-11-19(29-2)20(12-17)32-15-16-8-6-5-7-9-16/h5-14H,15H2,1-4H3. The molecule has 170 valence electrons. The lowest BCUT2D eigenvalue weighted by molar-refractivity contribution is 0.284. The molecular formula is C26H24O7. The minimum atomic E-state index is -0.351. The van der Waals surface area contributed by atoms with Crippen LogP contribution in [0.2, 0.25) is 0 Å². The van der Waals surface area contributed by atoms with E-state index in [1.807, 2.05) is 30.3 Å². The van der Waals surface area contributed by atoms with Crippen molar-refractivity contribution in [2.24, 2.45) is 0 Å². The highest BCUT2D eigenvalue weighted by molar-refractivity contribution is 5.88. The molecule has 1 aromatic heterocycles. The van der Waals surface area contributed by atoms with Crippen molar-refractivity contribution in [2.45, 2.75) is 6.61 Å². The highest BCUT2D eigenvalue weighted by atomic mass is 16.5. The molecule has 0 bridgehead atoms. The van der Waals surface area contributed by atoms with E-state index in [4.69, 9.17) is 28.1 Å². The highest BCUT2D eigenvalue weighted by Crippen LogP contribution is 2.39. The SMILES string of the molecule is COc1cc(OC)c2c(=O)c(OC)c(-c3ccc(OC)c(OCc4ccccc4)c3)oc2c1. The molecule has 0 spiro atoms. The Kier molecular flexibility index (Phi) is 6.40. The van der Waals surface area contributed by atoms with Gasteiger partial charge in [0.2, 0.25) is 11.2 Å². The summed E-state index contributed by atoms with van der Waals surface area (Å²) in [5, 5.41) is 0.271. The number of hydrogen-bond donors (Lipinski definition) is 0. The molecule has 7 heteroatoms. The Labute approximate surface area is 191 Å². The zero-order chi connectivity index (χ0) is 23.4. The van der Waals surface area contributed by atoms with E-state index in [-0.39, 0.29) is 22.3 Å². The molecule has 1 heterocycles. The molecule has 4 rings (SSSR count). The molecule has 7 nitrogen and oxygen atoms in total. The number of methoxy groups -OCH3 is 4. The third-order valence-corrected chi connectivity index (χ3v) is 5.21. The van der Waals surface area contributed by atoms with Gasteiger partial charge in [0, 0.05) is 17.7 Å². The summed E-state index contributed by atoms with van der Waals surface area (Å²) >= 11 is 0. The lowest BCUT2D eigenvalue weighted by Crippen LogP contribution is -2.09.